The number of halogens is 1. The maximum atomic E-state index is 12.8. The van der Waals surface area contributed by atoms with E-state index >= 15 is 0 Å². The molecular formula is C11H8FNOS. The number of pyridine rings is 1. The van der Waals surface area contributed by atoms with Crippen LogP contribution in [0.2, 0.25) is 0 Å². The Morgan fingerprint density at radius 2 is 1.80 bits per heavy atom. The van der Waals surface area contributed by atoms with Gasteiger partial charge >= 0.3 is 0 Å². The first kappa shape index (κ1) is 9.98. The van der Waals surface area contributed by atoms with Crippen LogP contribution in [0.4, 0.5) is 4.39 Å². The Kier molecular flexibility index (Phi) is 2.87. The van der Waals surface area contributed by atoms with Crippen molar-refractivity contribution in [3.63, 3.8) is 0 Å². The predicted octanol–water partition coefficient (Wildman–Crippen LogP) is 3.08. The summed E-state index contributed by atoms with van der Waals surface area (Å²) in [4.78, 5) is 4.63. The summed E-state index contributed by atoms with van der Waals surface area (Å²) in [6, 6.07) is 11.3. The van der Waals surface area contributed by atoms with E-state index in [0.717, 1.165) is 4.90 Å². The van der Waals surface area contributed by atoms with Crippen molar-refractivity contribution in [2.75, 3.05) is 0 Å². The highest BCUT2D eigenvalue weighted by atomic mass is 32.2. The second kappa shape index (κ2) is 4.31. The summed E-state index contributed by atoms with van der Waals surface area (Å²) in [6.45, 7) is 0. The molecule has 1 heterocycles. The number of phenols is 1. The van der Waals surface area contributed by atoms with Crippen molar-refractivity contribution in [1.29, 1.82) is 0 Å². The minimum atomic E-state index is -0.487. The lowest BCUT2D eigenvalue weighted by Gasteiger charge is -2.00. The van der Waals surface area contributed by atoms with E-state index < -0.39 is 5.95 Å². The Labute approximate surface area is 90.8 Å². The van der Waals surface area contributed by atoms with Crippen LogP contribution >= 0.6 is 11.8 Å². The monoisotopic (exact) mass is 221 g/mol. The standard InChI is InChI=1S/C11H8FNOS/c12-10-2-1-3-11(13-10)15-9-6-4-8(14)5-7-9/h1-7,14H. The topological polar surface area (TPSA) is 33.1 Å². The van der Waals surface area contributed by atoms with Gasteiger partial charge in [-0.2, -0.15) is 4.39 Å². The molecule has 1 N–H and O–H groups in total. The summed E-state index contributed by atoms with van der Waals surface area (Å²) in [5.41, 5.74) is 0. The second-order valence-electron chi connectivity index (χ2n) is 2.89. The first-order valence-electron chi connectivity index (χ1n) is 4.33. The van der Waals surface area contributed by atoms with Gasteiger partial charge < -0.3 is 5.11 Å². The maximum absolute atomic E-state index is 12.8. The Bertz CT molecular complexity index is 458. The third-order valence-electron chi connectivity index (χ3n) is 1.75. The number of aromatic nitrogens is 1. The Hall–Kier alpha value is -1.55. The van der Waals surface area contributed by atoms with Crippen LogP contribution in [0.1, 0.15) is 0 Å². The van der Waals surface area contributed by atoms with Crippen molar-refractivity contribution in [1.82, 2.24) is 4.98 Å². The van der Waals surface area contributed by atoms with E-state index in [2.05, 4.69) is 4.98 Å². The lowest BCUT2D eigenvalue weighted by Crippen LogP contribution is -1.83. The minimum absolute atomic E-state index is 0.214. The van der Waals surface area contributed by atoms with Gasteiger partial charge in [0.15, 0.2) is 0 Å². The summed E-state index contributed by atoms with van der Waals surface area (Å²) in [6.07, 6.45) is 0. The highest BCUT2D eigenvalue weighted by Gasteiger charge is 1.99. The van der Waals surface area contributed by atoms with E-state index in [1.54, 1.807) is 36.4 Å². The number of hydrogen-bond acceptors (Lipinski definition) is 3. The van der Waals surface area contributed by atoms with Gasteiger partial charge in [-0.3, -0.25) is 0 Å². The smallest absolute Gasteiger partial charge is 0.213 e. The molecule has 2 rings (SSSR count). The fourth-order valence-corrected chi connectivity index (χ4v) is 1.87. The quantitative estimate of drug-likeness (QED) is 0.791. The van der Waals surface area contributed by atoms with Gasteiger partial charge in [0.1, 0.15) is 10.8 Å². The molecule has 0 unspecified atom stereocenters. The number of hydrogen-bond donors (Lipinski definition) is 1. The number of rotatable bonds is 2. The molecule has 0 saturated carbocycles. The molecule has 0 spiro atoms. The number of benzene rings is 1. The van der Waals surface area contributed by atoms with Gasteiger partial charge in [-0.1, -0.05) is 17.8 Å². The Balaban J connectivity index is 2.18. The predicted molar refractivity (Wildman–Crippen MR) is 56.4 cm³/mol. The fraction of sp³-hybridized carbons (Fsp3) is 0. The maximum Gasteiger partial charge on any atom is 0.213 e. The minimum Gasteiger partial charge on any atom is -0.508 e. The van der Waals surface area contributed by atoms with Gasteiger partial charge in [-0.15, -0.1) is 0 Å². The van der Waals surface area contributed by atoms with Gasteiger partial charge in [-0.05, 0) is 36.4 Å². The van der Waals surface area contributed by atoms with Crippen molar-refractivity contribution in [2.24, 2.45) is 0 Å². The van der Waals surface area contributed by atoms with Crippen LogP contribution in [0.5, 0.6) is 5.75 Å². The molecular weight excluding hydrogens is 213 g/mol. The average molecular weight is 221 g/mol. The van der Waals surface area contributed by atoms with Gasteiger partial charge in [0.05, 0.1) is 0 Å². The lowest BCUT2D eigenvalue weighted by atomic mass is 10.3. The summed E-state index contributed by atoms with van der Waals surface area (Å²) in [5.74, 6) is -0.273. The fourth-order valence-electron chi connectivity index (χ4n) is 1.08. The molecule has 0 aliphatic rings. The Morgan fingerprint density at radius 3 is 2.47 bits per heavy atom. The number of aromatic hydroxyl groups is 1. The summed E-state index contributed by atoms with van der Waals surface area (Å²) >= 11 is 1.35. The van der Waals surface area contributed by atoms with Gasteiger partial charge in [-0.25, -0.2) is 4.98 Å². The largest absolute Gasteiger partial charge is 0.508 e. The summed E-state index contributed by atoms with van der Waals surface area (Å²) in [5, 5.41) is 9.68. The molecule has 1 aromatic carbocycles. The van der Waals surface area contributed by atoms with E-state index in [9.17, 15) is 4.39 Å². The normalized spacial score (nSPS) is 10.2. The number of phenolic OH excluding ortho intramolecular Hbond substituents is 1. The van der Waals surface area contributed by atoms with E-state index in [1.165, 1.54) is 17.8 Å². The molecule has 76 valence electrons. The molecule has 0 amide bonds. The van der Waals surface area contributed by atoms with Crippen molar-refractivity contribution >= 4 is 11.8 Å². The van der Waals surface area contributed by atoms with E-state index in [1.807, 2.05) is 0 Å². The van der Waals surface area contributed by atoms with Crippen LogP contribution in [0.15, 0.2) is 52.4 Å². The molecule has 1 aromatic heterocycles. The van der Waals surface area contributed by atoms with E-state index in [-0.39, 0.29) is 5.75 Å². The van der Waals surface area contributed by atoms with Crippen LogP contribution in [0.25, 0.3) is 0 Å². The van der Waals surface area contributed by atoms with Crippen molar-refractivity contribution < 1.29 is 9.50 Å². The molecule has 0 aliphatic heterocycles. The first-order chi connectivity index (χ1) is 7.24. The van der Waals surface area contributed by atoms with Crippen LogP contribution in [0, 0.1) is 5.95 Å². The molecule has 0 saturated heterocycles. The zero-order valence-electron chi connectivity index (χ0n) is 7.72. The number of nitrogens with zero attached hydrogens (tertiary/aromatic N) is 1. The zero-order valence-corrected chi connectivity index (χ0v) is 8.54. The molecule has 0 bridgehead atoms. The van der Waals surface area contributed by atoms with E-state index in [4.69, 9.17) is 5.11 Å². The van der Waals surface area contributed by atoms with Gasteiger partial charge in [0, 0.05) is 4.90 Å². The first-order valence-corrected chi connectivity index (χ1v) is 5.15. The molecule has 4 heteroatoms. The van der Waals surface area contributed by atoms with Gasteiger partial charge in [0.2, 0.25) is 5.95 Å². The second-order valence-corrected chi connectivity index (χ2v) is 3.99. The molecule has 0 aliphatic carbocycles. The van der Waals surface area contributed by atoms with Crippen LogP contribution < -0.4 is 0 Å². The molecule has 2 nitrogen and oxygen atoms in total. The zero-order chi connectivity index (χ0) is 10.7. The highest BCUT2D eigenvalue weighted by Crippen LogP contribution is 2.27. The molecule has 0 atom stereocenters. The van der Waals surface area contributed by atoms with Crippen LogP contribution in [0.3, 0.4) is 0 Å². The molecule has 0 fully saturated rings. The third kappa shape index (κ3) is 2.70. The molecule has 2 aromatic rings. The van der Waals surface area contributed by atoms with Gasteiger partial charge in [0.25, 0.3) is 0 Å². The molecule has 15 heavy (non-hydrogen) atoms. The summed E-state index contributed by atoms with van der Waals surface area (Å²) in [7, 11) is 0. The average Bonchev–Trinajstić information content (AvgIpc) is 2.22. The van der Waals surface area contributed by atoms with Crippen molar-refractivity contribution in [2.45, 2.75) is 9.92 Å². The van der Waals surface area contributed by atoms with Crippen LogP contribution in [-0.4, -0.2) is 10.1 Å². The Morgan fingerprint density at radius 1 is 1.07 bits per heavy atom. The van der Waals surface area contributed by atoms with E-state index in [0.29, 0.717) is 5.03 Å². The van der Waals surface area contributed by atoms with Crippen molar-refractivity contribution in [3.8, 4) is 5.75 Å². The van der Waals surface area contributed by atoms with Crippen molar-refractivity contribution in [3.05, 3.63) is 48.4 Å². The SMILES string of the molecule is Oc1ccc(Sc2cccc(F)n2)cc1. The summed E-state index contributed by atoms with van der Waals surface area (Å²) < 4.78 is 12.8. The third-order valence-corrected chi connectivity index (χ3v) is 2.69. The highest BCUT2D eigenvalue weighted by molar-refractivity contribution is 7.99. The molecule has 0 radical (unpaired) electrons. The van der Waals surface area contributed by atoms with Crippen LogP contribution in [-0.2, 0) is 0 Å². The lowest BCUT2D eigenvalue weighted by molar-refractivity contribution is 0.475.